The summed E-state index contributed by atoms with van der Waals surface area (Å²) in [6.45, 7) is 4.23. The van der Waals surface area contributed by atoms with E-state index in [0.717, 1.165) is 103 Å². The summed E-state index contributed by atoms with van der Waals surface area (Å²) >= 11 is 0. The van der Waals surface area contributed by atoms with Gasteiger partial charge in [0.2, 0.25) is 0 Å². The summed E-state index contributed by atoms with van der Waals surface area (Å²) in [4.78, 5) is 35.4. The maximum atomic E-state index is 12.7. The van der Waals surface area contributed by atoms with Crippen LogP contribution in [0.5, 0.6) is 0 Å². The Kier molecular flexibility index (Phi) is 39.6. The molecule has 0 amide bonds. The molecule has 0 rings (SSSR count). The van der Waals surface area contributed by atoms with Crippen molar-refractivity contribution < 1.29 is 42.1 Å². The van der Waals surface area contributed by atoms with Gasteiger partial charge in [-0.3, -0.25) is 18.6 Å². The van der Waals surface area contributed by atoms with Crippen molar-refractivity contribution in [1.29, 1.82) is 0 Å². The van der Waals surface area contributed by atoms with Crippen molar-refractivity contribution in [3.8, 4) is 0 Å². The van der Waals surface area contributed by atoms with Crippen molar-refractivity contribution in [1.82, 2.24) is 0 Å². The van der Waals surface area contributed by atoms with Crippen LogP contribution in [0, 0.1) is 0 Å². The van der Waals surface area contributed by atoms with Crippen LogP contribution >= 0.6 is 7.82 Å². The van der Waals surface area contributed by atoms with Crippen LogP contribution in [0.1, 0.15) is 168 Å². The van der Waals surface area contributed by atoms with Gasteiger partial charge in [0.05, 0.1) is 27.7 Å². The minimum Gasteiger partial charge on any atom is -0.462 e. The molecular formula is C50H87NO8P+. The van der Waals surface area contributed by atoms with Crippen LogP contribution in [0.2, 0.25) is 0 Å². The van der Waals surface area contributed by atoms with Gasteiger partial charge in [0.15, 0.2) is 6.10 Å². The van der Waals surface area contributed by atoms with Crippen LogP contribution in [0.25, 0.3) is 0 Å². The SMILES string of the molecule is CC/C=C\C/C=C\C/C=C\C/C=C\C/C=C\C/C=C\CCCCCCC(=O)OC(COC(=O)CCCCCCC/C=C\CCCCCC)COP(=O)(O)OCC[N+](C)(C)C. The smallest absolute Gasteiger partial charge is 0.462 e. The topological polar surface area (TPSA) is 108 Å². The third-order valence-electron chi connectivity index (χ3n) is 9.41. The Labute approximate surface area is 367 Å². The summed E-state index contributed by atoms with van der Waals surface area (Å²) in [7, 11) is 1.44. The number of carbonyl (C=O) groups excluding carboxylic acids is 2. The van der Waals surface area contributed by atoms with E-state index >= 15 is 0 Å². The van der Waals surface area contributed by atoms with Crippen molar-refractivity contribution in [2.24, 2.45) is 0 Å². The first kappa shape index (κ1) is 57.2. The van der Waals surface area contributed by atoms with E-state index < -0.39 is 26.5 Å². The minimum atomic E-state index is -4.39. The molecule has 60 heavy (non-hydrogen) atoms. The number of phosphoric acid groups is 1. The molecule has 0 aromatic rings. The van der Waals surface area contributed by atoms with Gasteiger partial charge in [0, 0.05) is 12.8 Å². The lowest BCUT2D eigenvalue weighted by Crippen LogP contribution is -2.37. The Hall–Kier alpha value is -2.81. The van der Waals surface area contributed by atoms with Gasteiger partial charge in [-0.25, -0.2) is 4.57 Å². The number of hydrogen-bond acceptors (Lipinski definition) is 7. The van der Waals surface area contributed by atoms with Crippen LogP contribution in [-0.2, 0) is 32.7 Å². The zero-order chi connectivity index (χ0) is 44.3. The minimum absolute atomic E-state index is 0.0205. The lowest BCUT2D eigenvalue weighted by molar-refractivity contribution is -0.870. The Morgan fingerprint density at radius 3 is 1.43 bits per heavy atom. The molecule has 10 heteroatoms. The van der Waals surface area contributed by atoms with E-state index in [4.69, 9.17) is 18.5 Å². The third kappa shape index (κ3) is 44.7. The number of hydrogen-bond donors (Lipinski definition) is 1. The number of likely N-dealkylation sites (N-methyl/N-ethyl adjacent to an activating group) is 1. The predicted octanol–water partition coefficient (Wildman–Crippen LogP) is 13.6. The lowest BCUT2D eigenvalue weighted by Gasteiger charge is -2.24. The largest absolute Gasteiger partial charge is 0.472 e. The maximum absolute atomic E-state index is 12.7. The highest BCUT2D eigenvalue weighted by atomic mass is 31.2. The fourth-order valence-corrected chi connectivity index (χ4v) is 6.52. The van der Waals surface area contributed by atoms with Crippen LogP contribution in [0.4, 0.5) is 0 Å². The Balaban J connectivity index is 4.39. The van der Waals surface area contributed by atoms with E-state index in [9.17, 15) is 19.0 Å². The first-order valence-electron chi connectivity index (χ1n) is 23.3. The molecule has 0 spiro atoms. The van der Waals surface area contributed by atoms with Crippen molar-refractivity contribution in [3.63, 3.8) is 0 Å². The monoisotopic (exact) mass is 861 g/mol. The van der Waals surface area contributed by atoms with Gasteiger partial charge in [0.25, 0.3) is 0 Å². The summed E-state index contributed by atoms with van der Waals surface area (Å²) in [5.74, 6) is -0.845. The summed E-state index contributed by atoms with van der Waals surface area (Å²) in [5, 5.41) is 0. The molecule has 1 N–H and O–H groups in total. The van der Waals surface area contributed by atoms with Crippen molar-refractivity contribution in [2.75, 3.05) is 47.5 Å². The van der Waals surface area contributed by atoms with Gasteiger partial charge >= 0.3 is 19.8 Å². The van der Waals surface area contributed by atoms with Gasteiger partial charge in [-0.15, -0.1) is 0 Å². The maximum Gasteiger partial charge on any atom is 0.472 e. The number of carbonyl (C=O) groups is 2. The second-order valence-corrected chi connectivity index (χ2v) is 17.9. The first-order chi connectivity index (χ1) is 29.0. The molecule has 0 aliphatic rings. The molecule has 0 saturated heterocycles. The molecule has 0 aliphatic heterocycles. The molecule has 0 aromatic carbocycles. The van der Waals surface area contributed by atoms with Gasteiger partial charge in [-0.2, -0.15) is 0 Å². The molecule has 0 heterocycles. The van der Waals surface area contributed by atoms with Crippen molar-refractivity contribution in [3.05, 3.63) is 85.1 Å². The van der Waals surface area contributed by atoms with E-state index in [1.165, 1.54) is 32.1 Å². The fraction of sp³-hybridized carbons (Fsp3) is 0.680. The third-order valence-corrected chi connectivity index (χ3v) is 10.4. The number of esters is 2. The highest BCUT2D eigenvalue weighted by Crippen LogP contribution is 2.43. The molecule has 0 radical (unpaired) electrons. The molecular weight excluding hydrogens is 774 g/mol. The van der Waals surface area contributed by atoms with E-state index in [-0.39, 0.29) is 32.0 Å². The van der Waals surface area contributed by atoms with E-state index in [2.05, 4.69) is 98.9 Å². The standard InChI is InChI=1S/C50H86NO8P/c1-6-8-10-12-14-16-18-20-21-22-23-24-25-26-27-28-29-31-33-35-37-39-41-43-50(53)59-48(47-58-60(54,55)57-45-44-51(3,4)5)46-56-49(52)42-40-38-36-34-32-30-19-17-15-13-11-9-7-2/h8,10,14,16-17,19-21,23-24,26-27,29,31,48H,6-7,9,11-13,15,18,22,25,28,30,32-47H2,1-5H3/p+1/b10-8-,16-14-,19-17-,21-20-,24-23-,27-26-,31-29-. The summed E-state index contributed by atoms with van der Waals surface area (Å²) in [6.07, 6.45) is 53.4. The Morgan fingerprint density at radius 2 is 0.950 bits per heavy atom. The molecule has 2 atom stereocenters. The number of unbranched alkanes of at least 4 members (excludes halogenated alkanes) is 13. The van der Waals surface area contributed by atoms with Crippen LogP contribution in [0.3, 0.4) is 0 Å². The number of allylic oxidation sites excluding steroid dienone is 14. The quantitative estimate of drug-likeness (QED) is 0.0213. The Morgan fingerprint density at radius 1 is 0.533 bits per heavy atom. The second-order valence-electron chi connectivity index (χ2n) is 16.4. The van der Waals surface area contributed by atoms with Crippen LogP contribution in [0.15, 0.2) is 85.1 Å². The lowest BCUT2D eigenvalue weighted by atomic mass is 10.1. The predicted molar refractivity (Wildman–Crippen MR) is 252 cm³/mol. The van der Waals surface area contributed by atoms with Crippen molar-refractivity contribution >= 4 is 19.8 Å². The number of ether oxygens (including phenoxy) is 2. The number of phosphoric ester groups is 1. The van der Waals surface area contributed by atoms with E-state index in [1.807, 2.05) is 21.1 Å². The molecule has 0 bridgehead atoms. The average molecular weight is 861 g/mol. The molecule has 2 unspecified atom stereocenters. The summed E-state index contributed by atoms with van der Waals surface area (Å²) < 4.78 is 34.3. The second kappa shape index (κ2) is 41.5. The summed E-state index contributed by atoms with van der Waals surface area (Å²) in [6, 6.07) is 0. The fourth-order valence-electron chi connectivity index (χ4n) is 5.77. The summed E-state index contributed by atoms with van der Waals surface area (Å²) in [5.41, 5.74) is 0. The first-order valence-corrected chi connectivity index (χ1v) is 24.8. The van der Waals surface area contributed by atoms with Crippen LogP contribution in [-0.4, -0.2) is 74.9 Å². The number of nitrogens with zero attached hydrogens (tertiary/aromatic N) is 1. The molecule has 0 saturated carbocycles. The molecule has 344 valence electrons. The Bertz CT molecular complexity index is 1290. The highest BCUT2D eigenvalue weighted by molar-refractivity contribution is 7.47. The van der Waals surface area contributed by atoms with Crippen molar-refractivity contribution in [2.45, 2.75) is 174 Å². The van der Waals surface area contributed by atoms with Gasteiger partial charge in [-0.05, 0) is 89.9 Å². The molecule has 0 aliphatic carbocycles. The average Bonchev–Trinajstić information content (AvgIpc) is 3.20. The van der Waals surface area contributed by atoms with Crippen LogP contribution < -0.4 is 0 Å². The zero-order valence-corrected chi connectivity index (χ0v) is 39.6. The zero-order valence-electron chi connectivity index (χ0n) is 38.7. The molecule has 0 aromatic heterocycles. The van der Waals surface area contributed by atoms with Gasteiger partial charge < -0.3 is 18.9 Å². The number of rotatable bonds is 41. The normalized spacial score (nSPS) is 14.3. The van der Waals surface area contributed by atoms with Gasteiger partial charge in [-0.1, -0.05) is 150 Å². The molecule has 0 fully saturated rings. The van der Waals surface area contributed by atoms with E-state index in [0.29, 0.717) is 17.4 Å². The molecule has 9 nitrogen and oxygen atoms in total. The highest BCUT2D eigenvalue weighted by Gasteiger charge is 2.27. The number of quaternary nitrogens is 1. The van der Waals surface area contributed by atoms with E-state index in [1.54, 1.807) is 0 Å². The van der Waals surface area contributed by atoms with Gasteiger partial charge in [0.1, 0.15) is 19.8 Å².